The number of thiazole rings is 1. The average molecular weight is 581 g/mol. The topological polar surface area (TPSA) is 113 Å². The molecule has 1 unspecified atom stereocenters. The number of nitrogens with one attached hydrogen (secondary N) is 1. The average Bonchev–Trinajstić information content (AvgIpc) is 3.39. The lowest BCUT2D eigenvalue weighted by molar-refractivity contribution is -0.142. The summed E-state index contributed by atoms with van der Waals surface area (Å²) >= 11 is 4.81. The van der Waals surface area contributed by atoms with Crippen LogP contribution in [-0.4, -0.2) is 72.2 Å². The molecule has 2 aromatic rings. The summed E-state index contributed by atoms with van der Waals surface area (Å²) < 4.78 is 25.1. The number of hydrogen-bond acceptors (Lipinski definition) is 9. The second kappa shape index (κ2) is 11.6. The summed E-state index contributed by atoms with van der Waals surface area (Å²) in [6, 6.07) is 3.30. The largest absolute Gasteiger partial charge is 0.481 e. The first-order valence-electron chi connectivity index (χ1n) is 11.3. The Balaban J connectivity index is 1.77. The Hall–Kier alpha value is -2.67. The van der Waals surface area contributed by atoms with E-state index in [0.717, 1.165) is 0 Å². The predicted molar refractivity (Wildman–Crippen MR) is 135 cm³/mol. The lowest BCUT2D eigenvalue weighted by Gasteiger charge is -2.38. The third-order valence-corrected chi connectivity index (χ3v) is 7.65. The van der Waals surface area contributed by atoms with Crippen molar-refractivity contribution in [1.29, 1.82) is 0 Å². The SMILES string of the molecule is COC(=O)C1=C(CN2CCOC[C@H]2CC(C)C(=O)O)NC(c2nccs2)=N[C@H]1c1ccc(F)cc1Br. The van der Waals surface area contributed by atoms with E-state index in [0.29, 0.717) is 64.9 Å². The number of carboxylic acid groups (broad SMARTS) is 1. The molecule has 36 heavy (non-hydrogen) atoms. The number of halogens is 2. The summed E-state index contributed by atoms with van der Waals surface area (Å²) in [4.78, 5) is 35.9. The minimum Gasteiger partial charge on any atom is -0.481 e. The Kier molecular flexibility index (Phi) is 8.50. The highest BCUT2D eigenvalue weighted by Gasteiger charge is 2.36. The van der Waals surface area contributed by atoms with Gasteiger partial charge in [-0.05, 0) is 24.1 Å². The number of nitrogens with zero attached hydrogens (tertiary/aromatic N) is 3. The fraction of sp³-hybridized carbons (Fsp3) is 0.417. The van der Waals surface area contributed by atoms with Crippen molar-refractivity contribution in [3.05, 3.63) is 61.9 Å². The maximum atomic E-state index is 13.9. The highest BCUT2D eigenvalue weighted by atomic mass is 79.9. The number of methoxy groups -OCH3 is 1. The molecular weight excluding hydrogens is 555 g/mol. The first kappa shape index (κ1) is 26.4. The maximum Gasteiger partial charge on any atom is 0.338 e. The molecule has 2 aliphatic rings. The van der Waals surface area contributed by atoms with Crippen LogP contribution in [0, 0.1) is 11.7 Å². The summed E-state index contributed by atoms with van der Waals surface area (Å²) in [7, 11) is 1.30. The second-order valence-electron chi connectivity index (χ2n) is 8.57. The van der Waals surface area contributed by atoms with Crippen molar-refractivity contribution in [1.82, 2.24) is 15.2 Å². The Morgan fingerprint density at radius 1 is 1.44 bits per heavy atom. The van der Waals surface area contributed by atoms with E-state index in [2.05, 4.69) is 31.1 Å². The number of aliphatic carboxylic acids is 1. The number of hydrogen-bond donors (Lipinski definition) is 2. The number of ether oxygens (including phenoxy) is 2. The molecule has 0 spiro atoms. The number of amidine groups is 1. The Morgan fingerprint density at radius 3 is 2.92 bits per heavy atom. The highest BCUT2D eigenvalue weighted by Crippen LogP contribution is 2.37. The van der Waals surface area contributed by atoms with Gasteiger partial charge in [-0.15, -0.1) is 11.3 Å². The lowest BCUT2D eigenvalue weighted by atomic mass is 9.94. The summed E-state index contributed by atoms with van der Waals surface area (Å²) in [6.45, 7) is 3.41. The first-order chi connectivity index (χ1) is 17.3. The van der Waals surface area contributed by atoms with Crippen LogP contribution in [-0.2, 0) is 19.1 Å². The molecule has 3 atom stereocenters. The molecule has 12 heteroatoms. The van der Waals surface area contributed by atoms with E-state index >= 15 is 0 Å². The van der Waals surface area contributed by atoms with Crippen LogP contribution in [0.5, 0.6) is 0 Å². The Morgan fingerprint density at radius 2 is 2.25 bits per heavy atom. The number of aliphatic imine (C=N–C) groups is 1. The van der Waals surface area contributed by atoms with Gasteiger partial charge in [-0.1, -0.05) is 28.9 Å². The molecule has 0 amide bonds. The molecule has 1 aromatic carbocycles. The van der Waals surface area contributed by atoms with Crippen LogP contribution in [0.25, 0.3) is 0 Å². The van der Waals surface area contributed by atoms with Crippen LogP contribution >= 0.6 is 27.3 Å². The van der Waals surface area contributed by atoms with E-state index < -0.39 is 29.7 Å². The molecule has 4 rings (SSSR count). The van der Waals surface area contributed by atoms with E-state index in [1.807, 2.05) is 5.38 Å². The third kappa shape index (κ3) is 5.83. The van der Waals surface area contributed by atoms with Crippen LogP contribution in [0.3, 0.4) is 0 Å². The second-order valence-corrected chi connectivity index (χ2v) is 10.3. The molecule has 0 saturated carbocycles. The fourth-order valence-electron chi connectivity index (χ4n) is 4.29. The zero-order valence-electron chi connectivity index (χ0n) is 19.7. The molecule has 2 aliphatic heterocycles. The molecule has 1 saturated heterocycles. The monoisotopic (exact) mass is 580 g/mol. The number of aromatic nitrogens is 1. The zero-order valence-corrected chi connectivity index (χ0v) is 22.1. The Bertz CT molecular complexity index is 1190. The molecule has 9 nitrogen and oxygen atoms in total. The third-order valence-electron chi connectivity index (χ3n) is 6.18. The van der Waals surface area contributed by atoms with E-state index in [1.54, 1.807) is 19.2 Å². The number of carbonyl (C=O) groups excluding carboxylic acids is 1. The highest BCUT2D eigenvalue weighted by molar-refractivity contribution is 9.10. The van der Waals surface area contributed by atoms with Gasteiger partial charge in [0.25, 0.3) is 0 Å². The summed E-state index contributed by atoms with van der Waals surface area (Å²) in [5, 5.41) is 15.2. The van der Waals surface area contributed by atoms with E-state index in [4.69, 9.17) is 14.5 Å². The van der Waals surface area contributed by atoms with Crippen LogP contribution in [0.15, 0.2) is 50.5 Å². The quantitative estimate of drug-likeness (QED) is 0.457. The number of carboxylic acids is 1. The number of benzene rings is 1. The zero-order chi connectivity index (χ0) is 25.8. The molecule has 0 radical (unpaired) electrons. The first-order valence-corrected chi connectivity index (χ1v) is 13.0. The Labute approximate surface area is 220 Å². The molecule has 1 fully saturated rings. The van der Waals surface area contributed by atoms with Crippen LogP contribution in [0.1, 0.15) is 30.0 Å². The molecule has 0 bridgehead atoms. The molecule has 3 heterocycles. The van der Waals surface area contributed by atoms with Crippen molar-refractivity contribution in [2.24, 2.45) is 10.9 Å². The van der Waals surface area contributed by atoms with Gasteiger partial charge in [0.15, 0.2) is 10.8 Å². The van der Waals surface area contributed by atoms with Gasteiger partial charge in [-0.25, -0.2) is 14.2 Å². The van der Waals surface area contributed by atoms with Gasteiger partial charge in [0.2, 0.25) is 0 Å². The molecule has 1 aromatic heterocycles. The number of carbonyl (C=O) groups is 2. The molecule has 2 N–H and O–H groups in total. The smallest absolute Gasteiger partial charge is 0.338 e. The van der Waals surface area contributed by atoms with Crippen LogP contribution in [0.2, 0.25) is 0 Å². The van der Waals surface area contributed by atoms with Crippen molar-refractivity contribution >= 4 is 45.0 Å². The molecule has 192 valence electrons. The molecular formula is C24H26BrFN4O5S. The standard InChI is InChI=1S/C24H26BrFN4O5S/c1-13(23(31)32)9-15-12-35-7-6-30(15)11-18-19(24(33)34-2)20(16-4-3-14(26)10-17(16)25)29-21(28-18)22-27-5-8-36-22/h3-5,8,10,13,15,20H,6-7,9,11-12H2,1-2H3,(H,28,29)(H,31,32)/t13?,15-,20+/m1/s1. The summed E-state index contributed by atoms with van der Waals surface area (Å²) in [5.74, 6) is -1.92. The van der Waals surface area contributed by atoms with Crippen molar-refractivity contribution in [2.45, 2.75) is 25.4 Å². The predicted octanol–water partition coefficient (Wildman–Crippen LogP) is 3.37. The van der Waals surface area contributed by atoms with E-state index in [-0.39, 0.29) is 6.04 Å². The van der Waals surface area contributed by atoms with Gasteiger partial charge in [0.1, 0.15) is 11.9 Å². The van der Waals surface area contributed by atoms with Crippen molar-refractivity contribution in [2.75, 3.05) is 33.4 Å². The van der Waals surface area contributed by atoms with Crippen molar-refractivity contribution in [3.8, 4) is 0 Å². The van der Waals surface area contributed by atoms with E-state index in [1.165, 1.54) is 30.6 Å². The van der Waals surface area contributed by atoms with Gasteiger partial charge in [-0.2, -0.15) is 0 Å². The summed E-state index contributed by atoms with van der Waals surface area (Å²) in [5.41, 5.74) is 1.46. The number of morpholine rings is 1. The van der Waals surface area contributed by atoms with Crippen LogP contribution < -0.4 is 5.32 Å². The van der Waals surface area contributed by atoms with Crippen LogP contribution in [0.4, 0.5) is 4.39 Å². The number of esters is 1. The van der Waals surface area contributed by atoms with Gasteiger partial charge in [-0.3, -0.25) is 14.7 Å². The van der Waals surface area contributed by atoms with Gasteiger partial charge < -0.3 is 19.9 Å². The van der Waals surface area contributed by atoms with Gasteiger partial charge in [0.05, 0.1) is 31.8 Å². The molecule has 0 aliphatic carbocycles. The van der Waals surface area contributed by atoms with Crippen molar-refractivity contribution < 1.29 is 28.6 Å². The van der Waals surface area contributed by atoms with Gasteiger partial charge >= 0.3 is 11.9 Å². The van der Waals surface area contributed by atoms with E-state index in [9.17, 15) is 19.1 Å². The fourth-order valence-corrected chi connectivity index (χ4v) is 5.45. The summed E-state index contributed by atoms with van der Waals surface area (Å²) in [6.07, 6.45) is 2.06. The normalized spacial score (nSPS) is 21.5. The minimum absolute atomic E-state index is 0.156. The van der Waals surface area contributed by atoms with Gasteiger partial charge in [0, 0.05) is 40.9 Å². The van der Waals surface area contributed by atoms with Crippen molar-refractivity contribution in [3.63, 3.8) is 0 Å². The number of rotatable bonds is 8. The maximum absolute atomic E-state index is 13.9. The lowest BCUT2D eigenvalue weighted by Crippen LogP contribution is -2.49. The minimum atomic E-state index is -0.870.